The van der Waals surface area contributed by atoms with Gasteiger partial charge in [-0.2, -0.15) is 0 Å². The number of amides is 2. The lowest BCUT2D eigenvalue weighted by atomic mass is 10.0. The van der Waals surface area contributed by atoms with Crippen molar-refractivity contribution in [2.75, 3.05) is 11.9 Å². The van der Waals surface area contributed by atoms with Gasteiger partial charge in [-0.05, 0) is 49.1 Å². The van der Waals surface area contributed by atoms with Gasteiger partial charge in [0, 0.05) is 37.9 Å². The summed E-state index contributed by atoms with van der Waals surface area (Å²) in [4.78, 5) is 30.9. The van der Waals surface area contributed by atoms with Gasteiger partial charge in [-0.15, -0.1) is 0 Å². The van der Waals surface area contributed by atoms with Crippen molar-refractivity contribution in [2.24, 2.45) is 7.05 Å². The van der Waals surface area contributed by atoms with Crippen LogP contribution in [0.15, 0.2) is 47.7 Å². The Kier molecular flexibility index (Phi) is 5.65. The van der Waals surface area contributed by atoms with Gasteiger partial charge in [-0.1, -0.05) is 11.6 Å². The van der Waals surface area contributed by atoms with Crippen molar-refractivity contribution in [1.82, 2.24) is 14.5 Å². The molecule has 0 aliphatic heterocycles. The number of pyridine rings is 2. The highest BCUT2D eigenvalue weighted by Gasteiger charge is 2.23. The van der Waals surface area contributed by atoms with Crippen molar-refractivity contribution in [1.29, 1.82) is 0 Å². The minimum absolute atomic E-state index is 0.0644. The molecule has 1 atom stereocenters. The van der Waals surface area contributed by atoms with Gasteiger partial charge in [0.05, 0.1) is 16.5 Å². The van der Waals surface area contributed by atoms with Crippen LogP contribution < -0.4 is 10.9 Å². The van der Waals surface area contributed by atoms with Gasteiger partial charge in [-0.25, -0.2) is 9.18 Å². The van der Waals surface area contributed by atoms with Crippen LogP contribution in [-0.4, -0.2) is 27.0 Å². The van der Waals surface area contributed by atoms with Crippen LogP contribution in [0.2, 0.25) is 5.02 Å². The molecule has 6 nitrogen and oxygen atoms in total. The van der Waals surface area contributed by atoms with E-state index in [2.05, 4.69) is 10.3 Å². The van der Waals surface area contributed by atoms with E-state index in [-0.39, 0.29) is 22.7 Å². The van der Waals surface area contributed by atoms with Crippen LogP contribution in [-0.2, 0) is 7.05 Å². The van der Waals surface area contributed by atoms with Gasteiger partial charge in [0.1, 0.15) is 5.82 Å². The molecule has 0 spiro atoms. The first-order valence-corrected chi connectivity index (χ1v) is 9.17. The Balaban J connectivity index is 1.95. The average molecular weight is 403 g/mol. The average Bonchev–Trinajstić information content (AvgIpc) is 2.68. The van der Waals surface area contributed by atoms with Crippen LogP contribution in [0.25, 0.3) is 10.8 Å². The van der Waals surface area contributed by atoms with Crippen LogP contribution >= 0.6 is 11.6 Å². The Bertz CT molecular complexity index is 1100. The molecule has 0 bridgehead atoms. The first-order valence-electron chi connectivity index (χ1n) is 8.79. The van der Waals surface area contributed by atoms with Crippen LogP contribution in [0.5, 0.6) is 0 Å². The molecule has 8 heteroatoms. The van der Waals surface area contributed by atoms with E-state index in [0.717, 1.165) is 10.9 Å². The third-order valence-corrected chi connectivity index (χ3v) is 5.00. The van der Waals surface area contributed by atoms with Gasteiger partial charge in [0.15, 0.2) is 0 Å². The monoisotopic (exact) mass is 402 g/mol. The number of nitrogens with zero attached hydrogens (tertiary/aromatic N) is 3. The highest BCUT2D eigenvalue weighted by atomic mass is 35.5. The molecule has 3 rings (SSSR count). The molecule has 0 radical (unpaired) electrons. The molecule has 0 aliphatic carbocycles. The topological polar surface area (TPSA) is 67.2 Å². The summed E-state index contributed by atoms with van der Waals surface area (Å²) in [6.07, 6.45) is 4.89. The summed E-state index contributed by atoms with van der Waals surface area (Å²) < 4.78 is 14.8. The number of aryl methyl sites for hydroxylation is 1. The molecule has 2 heterocycles. The molecule has 146 valence electrons. The summed E-state index contributed by atoms with van der Waals surface area (Å²) >= 11 is 5.79. The minimum atomic E-state index is -0.550. The van der Waals surface area contributed by atoms with E-state index >= 15 is 0 Å². The third kappa shape index (κ3) is 3.71. The van der Waals surface area contributed by atoms with E-state index in [1.807, 2.05) is 13.8 Å². The first kappa shape index (κ1) is 19.8. The van der Waals surface area contributed by atoms with Crippen molar-refractivity contribution in [2.45, 2.75) is 19.9 Å². The fraction of sp³-hybridized carbons (Fsp3) is 0.250. The quantitative estimate of drug-likeness (QED) is 0.705. The standard InChI is InChI=1S/C20H20ClFN4O2/c1-4-26(20(28)24-13-5-6-18(22)17(21)9-13)12(2)16-11-25(3)19(27)15-10-23-8-7-14(15)16/h5-12H,4H2,1-3H3,(H,24,28). The Hall–Kier alpha value is -2.93. The lowest BCUT2D eigenvalue weighted by molar-refractivity contribution is 0.197. The number of carbonyl (C=O) groups is 1. The van der Waals surface area contributed by atoms with E-state index in [1.165, 1.54) is 29.0 Å². The summed E-state index contributed by atoms with van der Waals surface area (Å²) in [7, 11) is 1.67. The molecule has 3 aromatic rings. The van der Waals surface area contributed by atoms with Crippen LogP contribution in [0.3, 0.4) is 0 Å². The van der Waals surface area contributed by atoms with E-state index in [4.69, 9.17) is 11.6 Å². The molecule has 1 unspecified atom stereocenters. The molecule has 0 saturated carbocycles. The third-order valence-electron chi connectivity index (χ3n) is 4.71. The van der Waals surface area contributed by atoms with E-state index in [0.29, 0.717) is 17.6 Å². The maximum absolute atomic E-state index is 13.3. The fourth-order valence-electron chi connectivity index (χ4n) is 3.21. The number of fused-ring (bicyclic) bond motifs is 1. The number of halogens is 2. The molecule has 0 aliphatic rings. The second kappa shape index (κ2) is 7.98. The number of urea groups is 1. The van der Waals surface area contributed by atoms with Gasteiger partial charge in [0.25, 0.3) is 5.56 Å². The maximum atomic E-state index is 13.3. The van der Waals surface area contributed by atoms with Gasteiger partial charge in [0.2, 0.25) is 0 Å². The molecule has 28 heavy (non-hydrogen) atoms. The number of hydrogen-bond acceptors (Lipinski definition) is 3. The lowest BCUT2D eigenvalue weighted by Gasteiger charge is -2.29. The number of anilines is 1. The van der Waals surface area contributed by atoms with Gasteiger partial charge in [-0.3, -0.25) is 9.78 Å². The Morgan fingerprint density at radius 3 is 2.79 bits per heavy atom. The van der Waals surface area contributed by atoms with Crippen LogP contribution in [0.4, 0.5) is 14.9 Å². The van der Waals surface area contributed by atoms with Crippen molar-refractivity contribution in [3.05, 3.63) is 69.6 Å². The summed E-state index contributed by atoms with van der Waals surface area (Å²) in [6, 6.07) is 5.11. The predicted octanol–water partition coefficient (Wildman–Crippen LogP) is 4.34. The van der Waals surface area contributed by atoms with E-state index < -0.39 is 5.82 Å². The Labute approximate surface area is 166 Å². The normalized spacial score (nSPS) is 12.0. The Morgan fingerprint density at radius 2 is 2.11 bits per heavy atom. The SMILES string of the molecule is CCN(C(=O)Nc1ccc(F)c(Cl)c1)C(C)c1cn(C)c(=O)c2cnccc12. The van der Waals surface area contributed by atoms with Gasteiger partial charge < -0.3 is 14.8 Å². The van der Waals surface area contributed by atoms with Crippen molar-refractivity contribution in [3.63, 3.8) is 0 Å². The van der Waals surface area contributed by atoms with Crippen LogP contribution in [0.1, 0.15) is 25.5 Å². The molecule has 1 N–H and O–H groups in total. The second-order valence-electron chi connectivity index (χ2n) is 6.44. The molecule has 1 aromatic carbocycles. The summed E-state index contributed by atoms with van der Waals surface area (Å²) in [5.41, 5.74) is 1.08. The van der Waals surface area contributed by atoms with Crippen LogP contribution in [0, 0.1) is 5.82 Å². The number of rotatable bonds is 4. The Morgan fingerprint density at radius 1 is 1.36 bits per heavy atom. The summed E-state index contributed by atoms with van der Waals surface area (Å²) in [5, 5.41) is 3.92. The van der Waals surface area contributed by atoms with E-state index in [9.17, 15) is 14.0 Å². The predicted molar refractivity (Wildman–Crippen MR) is 108 cm³/mol. The maximum Gasteiger partial charge on any atom is 0.322 e. The number of nitrogens with one attached hydrogen (secondary N) is 1. The molecule has 2 aromatic heterocycles. The zero-order chi connectivity index (χ0) is 20.4. The molecular weight excluding hydrogens is 383 g/mol. The number of hydrogen-bond donors (Lipinski definition) is 1. The molecule has 0 saturated heterocycles. The zero-order valence-corrected chi connectivity index (χ0v) is 16.5. The summed E-state index contributed by atoms with van der Waals surface area (Å²) in [6.45, 7) is 4.18. The highest BCUT2D eigenvalue weighted by Crippen LogP contribution is 2.27. The van der Waals surface area contributed by atoms with E-state index in [1.54, 1.807) is 30.4 Å². The fourth-order valence-corrected chi connectivity index (χ4v) is 3.39. The zero-order valence-electron chi connectivity index (χ0n) is 15.7. The second-order valence-corrected chi connectivity index (χ2v) is 6.85. The largest absolute Gasteiger partial charge is 0.322 e. The lowest BCUT2D eigenvalue weighted by Crippen LogP contribution is -2.37. The van der Waals surface area contributed by atoms with Gasteiger partial charge >= 0.3 is 6.03 Å². The van der Waals surface area contributed by atoms with Crippen molar-refractivity contribution < 1.29 is 9.18 Å². The summed E-state index contributed by atoms with van der Waals surface area (Å²) in [5.74, 6) is -0.550. The highest BCUT2D eigenvalue weighted by molar-refractivity contribution is 6.31. The minimum Gasteiger partial charge on any atom is -0.318 e. The molecule has 0 fully saturated rings. The van der Waals surface area contributed by atoms with Crippen molar-refractivity contribution >= 4 is 34.1 Å². The molecule has 2 amide bonds. The first-order chi connectivity index (χ1) is 13.3. The number of aromatic nitrogens is 2. The number of carbonyl (C=O) groups excluding carboxylic acids is 1. The number of benzene rings is 1. The smallest absolute Gasteiger partial charge is 0.318 e. The van der Waals surface area contributed by atoms with Crippen molar-refractivity contribution in [3.8, 4) is 0 Å². The molecular formula is C20H20ClFN4O2.